The van der Waals surface area contributed by atoms with Gasteiger partial charge in [-0.25, -0.2) is 0 Å². The summed E-state index contributed by atoms with van der Waals surface area (Å²) in [5, 5.41) is 22.9. The van der Waals surface area contributed by atoms with E-state index < -0.39 is 16.8 Å². The standard InChI is InChI=1S/C12H14Cl2N2O4/c1-7(12(17)18)3-2-4-15-10-5-8(13)9(14)6-11(10)16(19)20/h5-7,15H,2-4H2,1H3,(H,17,18). The van der Waals surface area contributed by atoms with Gasteiger partial charge in [0.05, 0.1) is 20.9 Å². The molecule has 0 radical (unpaired) electrons. The summed E-state index contributed by atoms with van der Waals surface area (Å²) in [6.45, 7) is 2.03. The van der Waals surface area contributed by atoms with Crippen LogP contribution >= 0.6 is 23.2 Å². The topological polar surface area (TPSA) is 92.5 Å². The minimum atomic E-state index is -0.856. The first kappa shape index (κ1) is 16.5. The number of rotatable bonds is 7. The fraction of sp³-hybridized carbons (Fsp3) is 0.417. The minimum absolute atomic E-state index is 0.114. The number of nitro benzene ring substituents is 1. The molecule has 2 N–H and O–H groups in total. The highest BCUT2D eigenvalue weighted by molar-refractivity contribution is 6.42. The summed E-state index contributed by atoms with van der Waals surface area (Å²) in [7, 11) is 0. The van der Waals surface area contributed by atoms with Crippen LogP contribution in [0.1, 0.15) is 19.8 Å². The number of hydrogen-bond donors (Lipinski definition) is 2. The minimum Gasteiger partial charge on any atom is -0.481 e. The smallest absolute Gasteiger partial charge is 0.306 e. The van der Waals surface area contributed by atoms with Gasteiger partial charge in [-0.05, 0) is 18.9 Å². The molecular formula is C12H14Cl2N2O4. The van der Waals surface area contributed by atoms with Crippen LogP contribution in [-0.4, -0.2) is 22.5 Å². The van der Waals surface area contributed by atoms with Crippen LogP contribution in [-0.2, 0) is 4.79 Å². The van der Waals surface area contributed by atoms with Crippen LogP contribution in [0.25, 0.3) is 0 Å². The quantitative estimate of drug-likeness (QED) is 0.452. The van der Waals surface area contributed by atoms with E-state index in [0.29, 0.717) is 19.4 Å². The number of hydrogen-bond acceptors (Lipinski definition) is 4. The lowest BCUT2D eigenvalue weighted by Crippen LogP contribution is -2.12. The summed E-state index contributed by atoms with van der Waals surface area (Å²) in [6.07, 6.45) is 1.06. The first-order valence-electron chi connectivity index (χ1n) is 5.93. The third-order valence-corrected chi connectivity index (χ3v) is 3.51. The maximum Gasteiger partial charge on any atom is 0.306 e. The van der Waals surface area contributed by atoms with Crippen LogP contribution in [0.15, 0.2) is 12.1 Å². The first-order chi connectivity index (χ1) is 9.32. The summed E-state index contributed by atoms with van der Waals surface area (Å²) < 4.78 is 0. The number of carboxylic acid groups (broad SMARTS) is 1. The Balaban J connectivity index is 2.66. The van der Waals surface area contributed by atoms with Crippen molar-refractivity contribution in [1.29, 1.82) is 0 Å². The van der Waals surface area contributed by atoms with Crippen molar-refractivity contribution in [3.05, 3.63) is 32.3 Å². The van der Waals surface area contributed by atoms with E-state index in [9.17, 15) is 14.9 Å². The zero-order valence-corrected chi connectivity index (χ0v) is 12.2. The SMILES string of the molecule is CC(CCCNc1cc(Cl)c(Cl)cc1[N+](=O)[O-])C(=O)O. The molecule has 0 heterocycles. The molecule has 1 unspecified atom stereocenters. The van der Waals surface area contributed by atoms with Crippen LogP contribution in [0, 0.1) is 16.0 Å². The van der Waals surface area contributed by atoms with E-state index in [1.807, 2.05) is 0 Å². The van der Waals surface area contributed by atoms with Crippen molar-refractivity contribution in [2.45, 2.75) is 19.8 Å². The Morgan fingerprint density at radius 3 is 2.60 bits per heavy atom. The van der Waals surface area contributed by atoms with Gasteiger partial charge in [0.15, 0.2) is 0 Å². The maximum absolute atomic E-state index is 10.9. The molecule has 8 heteroatoms. The van der Waals surface area contributed by atoms with E-state index in [4.69, 9.17) is 28.3 Å². The number of nitrogens with zero attached hydrogens (tertiary/aromatic N) is 1. The molecule has 0 bridgehead atoms. The molecule has 0 fully saturated rings. The predicted molar refractivity (Wildman–Crippen MR) is 77.6 cm³/mol. The second kappa shape index (κ2) is 7.31. The summed E-state index contributed by atoms with van der Waals surface area (Å²) in [4.78, 5) is 21.0. The van der Waals surface area contributed by atoms with Gasteiger partial charge in [0.2, 0.25) is 0 Å². The summed E-state index contributed by atoms with van der Waals surface area (Å²) >= 11 is 11.6. The van der Waals surface area contributed by atoms with Gasteiger partial charge in [0, 0.05) is 12.6 Å². The molecule has 1 aromatic rings. The van der Waals surface area contributed by atoms with Crippen molar-refractivity contribution in [3.8, 4) is 0 Å². The van der Waals surface area contributed by atoms with Crippen molar-refractivity contribution < 1.29 is 14.8 Å². The van der Waals surface area contributed by atoms with Gasteiger partial charge in [-0.3, -0.25) is 14.9 Å². The van der Waals surface area contributed by atoms with E-state index in [1.165, 1.54) is 12.1 Å². The number of benzene rings is 1. The number of aliphatic carboxylic acids is 1. The van der Waals surface area contributed by atoms with E-state index in [2.05, 4.69) is 5.32 Å². The molecule has 1 aromatic carbocycles. The Hall–Kier alpha value is -1.53. The normalized spacial score (nSPS) is 11.9. The average molecular weight is 321 g/mol. The molecule has 0 aliphatic rings. The molecule has 0 saturated heterocycles. The molecular weight excluding hydrogens is 307 g/mol. The summed E-state index contributed by atoms with van der Waals surface area (Å²) in [5.41, 5.74) is 0.109. The fourth-order valence-corrected chi connectivity index (χ4v) is 1.91. The molecule has 20 heavy (non-hydrogen) atoms. The molecule has 0 amide bonds. The van der Waals surface area contributed by atoms with Gasteiger partial charge in [-0.2, -0.15) is 0 Å². The van der Waals surface area contributed by atoms with Crippen LogP contribution in [0.2, 0.25) is 10.0 Å². The van der Waals surface area contributed by atoms with Gasteiger partial charge in [-0.1, -0.05) is 30.1 Å². The summed E-state index contributed by atoms with van der Waals surface area (Å²) in [6, 6.07) is 2.58. The molecule has 0 aliphatic heterocycles. The number of carboxylic acids is 1. The second-order valence-corrected chi connectivity index (χ2v) is 5.16. The van der Waals surface area contributed by atoms with Gasteiger partial charge < -0.3 is 10.4 Å². The van der Waals surface area contributed by atoms with Crippen molar-refractivity contribution in [3.63, 3.8) is 0 Å². The largest absolute Gasteiger partial charge is 0.481 e. The monoisotopic (exact) mass is 320 g/mol. The number of carbonyl (C=O) groups is 1. The van der Waals surface area contributed by atoms with Crippen molar-refractivity contribution in [2.24, 2.45) is 5.92 Å². The predicted octanol–water partition coefficient (Wildman–Crippen LogP) is 3.81. The van der Waals surface area contributed by atoms with Gasteiger partial charge in [0.1, 0.15) is 5.69 Å². The molecule has 110 valence electrons. The fourth-order valence-electron chi connectivity index (χ4n) is 1.58. The molecule has 0 aromatic heterocycles. The first-order valence-corrected chi connectivity index (χ1v) is 6.68. The molecule has 1 atom stereocenters. The third-order valence-electron chi connectivity index (χ3n) is 2.79. The molecule has 0 aliphatic carbocycles. The lowest BCUT2D eigenvalue weighted by Gasteiger charge is -2.09. The number of anilines is 1. The zero-order valence-electron chi connectivity index (χ0n) is 10.7. The zero-order chi connectivity index (χ0) is 15.3. The highest BCUT2D eigenvalue weighted by atomic mass is 35.5. The Kier molecular flexibility index (Phi) is 6.04. The Morgan fingerprint density at radius 2 is 2.05 bits per heavy atom. The molecule has 0 spiro atoms. The van der Waals surface area contributed by atoms with Crippen LogP contribution in [0.3, 0.4) is 0 Å². The van der Waals surface area contributed by atoms with Gasteiger partial charge in [-0.15, -0.1) is 0 Å². The van der Waals surface area contributed by atoms with Crippen LogP contribution in [0.5, 0.6) is 0 Å². The van der Waals surface area contributed by atoms with E-state index in [-0.39, 0.29) is 21.4 Å². The lowest BCUT2D eigenvalue weighted by atomic mass is 10.1. The number of halogens is 2. The molecule has 0 saturated carbocycles. The number of nitro groups is 1. The Bertz CT molecular complexity index is 522. The Labute approximate surface area is 125 Å². The van der Waals surface area contributed by atoms with E-state index in [1.54, 1.807) is 6.92 Å². The van der Waals surface area contributed by atoms with Gasteiger partial charge in [0.25, 0.3) is 5.69 Å². The highest BCUT2D eigenvalue weighted by Gasteiger charge is 2.17. The average Bonchev–Trinajstić information content (AvgIpc) is 2.37. The lowest BCUT2D eigenvalue weighted by molar-refractivity contribution is -0.383. The van der Waals surface area contributed by atoms with Crippen molar-refractivity contribution in [1.82, 2.24) is 0 Å². The third kappa shape index (κ3) is 4.54. The maximum atomic E-state index is 10.9. The molecule has 1 rings (SSSR count). The van der Waals surface area contributed by atoms with E-state index >= 15 is 0 Å². The van der Waals surface area contributed by atoms with Crippen molar-refractivity contribution >= 4 is 40.5 Å². The Morgan fingerprint density at radius 1 is 1.45 bits per heavy atom. The van der Waals surface area contributed by atoms with Crippen LogP contribution in [0.4, 0.5) is 11.4 Å². The molecule has 6 nitrogen and oxygen atoms in total. The van der Waals surface area contributed by atoms with Gasteiger partial charge >= 0.3 is 5.97 Å². The highest BCUT2D eigenvalue weighted by Crippen LogP contribution is 2.33. The second-order valence-electron chi connectivity index (χ2n) is 4.35. The number of nitrogens with one attached hydrogen (secondary N) is 1. The summed E-state index contributed by atoms with van der Waals surface area (Å²) in [5.74, 6) is -1.30. The van der Waals surface area contributed by atoms with Crippen molar-refractivity contribution in [2.75, 3.05) is 11.9 Å². The van der Waals surface area contributed by atoms with Crippen LogP contribution < -0.4 is 5.32 Å². The van der Waals surface area contributed by atoms with E-state index in [0.717, 1.165) is 0 Å².